The molecule has 0 saturated carbocycles. The molecule has 1 aromatic heterocycles. The van der Waals surface area contributed by atoms with Crippen molar-refractivity contribution in [1.82, 2.24) is 9.97 Å². The van der Waals surface area contributed by atoms with Gasteiger partial charge in [0.25, 0.3) is 5.91 Å². The van der Waals surface area contributed by atoms with Crippen LogP contribution in [0.5, 0.6) is 0 Å². The van der Waals surface area contributed by atoms with Gasteiger partial charge in [0.2, 0.25) is 0 Å². The zero-order valence-corrected chi connectivity index (χ0v) is 11.3. The van der Waals surface area contributed by atoms with Crippen molar-refractivity contribution in [3.05, 3.63) is 60.6 Å². The number of amides is 1. The Balaban J connectivity index is 2.08. The molecular weight excluding hydrogens is 252 g/mol. The molecule has 0 radical (unpaired) electrons. The van der Waals surface area contributed by atoms with Crippen LogP contribution in [0.25, 0.3) is 0 Å². The van der Waals surface area contributed by atoms with Crippen LogP contribution < -0.4 is 10.6 Å². The van der Waals surface area contributed by atoms with E-state index in [1.54, 1.807) is 12.1 Å². The number of benzene rings is 1. The molecule has 1 aromatic carbocycles. The Labute approximate surface area is 117 Å². The third-order valence-corrected chi connectivity index (χ3v) is 2.64. The van der Waals surface area contributed by atoms with Crippen molar-refractivity contribution in [3.8, 4) is 0 Å². The lowest BCUT2D eigenvalue weighted by molar-refractivity contribution is 0.102. The summed E-state index contributed by atoms with van der Waals surface area (Å²) in [6.07, 6.45) is 3.07. The van der Waals surface area contributed by atoms with Crippen LogP contribution in [0.3, 0.4) is 0 Å². The maximum atomic E-state index is 12.1. The number of anilines is 2. The number of aryl methyl sites for hydroxylation is 1. The van der Waals surface area contributed by atoms with Crippen LogP contribution in [0.4, 0.5) is 11.5 Å². The topological polar surface area (TPSA) is 66.9 Å². The molecule has 5 heteroatoms. The number of carbonyl (C=O) groups is 1. The van der Waals surface area contributed by atoms with E-state index in [4.69, 9.17) is 0 Å². The summed E-state index contributed by atoms with van der Waals surface area (Å²) in [7, 11) is 0. The van der Waals surface area contributed by atoms with Gasteiger partial charge in [-0.1, -0.05) is 23.8 Å². The molecule has 20 heavy (non-hydrogen) atoms. The van der Waals surface area contributed by atoms with Crippen molar-refractivity contribution >= 4 is 17.4 Å². The number of nitrogens with one attached hydrogen (secondary N) is 2. The highest BCUT2D eigenvalue weighted by Gasteiger charge is 2.08. The fourth-order valence-electron chi connectivity index (χ4n) is 1.59. The van der Waals surface area contributed by atoms with E-state index in [-0.39, 0.29) is 5.91 Å². The van der Waals surface area contributed by atoms with E-state index in [9.17, 15) is 4.79 Å². The first-order valence-corrected chi connectivity index (χ1v) is 6.24. The van der Waals surface area contributed by atoms with Gasteiger partial charge in [-0.25, -0.2) is 9.97 Å². The van der Waals surface area contributed by atoms with Crippen molar-refractivity contribution in [1.29, 1.82) is 0 Å². The molecule has 0 saturated heterocycles. The second kappa shape index (κ2) is 6.47. The Hall–Kier alpha value is -2.69. The minimum atomic E-state index is -0.266. The second-order valence-electron chi connectivity index (χ2n) is 4.28. The smallest absolute Gasteiger partial charge is 0.274 e. The normalized spacial score (nSPS) is 9.85. The lowest BCUT2D eigenvalue weighted by Gasteiger charge is -2.06. The number of carbonyl (C=O) groups excluding carboxylic acids is 1. The average molecular weight is 268 g/mol. The fraction of sp³-hybridized carbons (Fsp3) is 0.133. The van der Waals surface area contributed by atoms with E-state index in [1.807, 2.05) is 31.2 Å². The quantitative estimate of drug-likeness (QED) is 0.818. The van der Waals surface area contributed by atoms with Gasteiger partial charge in [-0.05, 0) is 19.1 Å². The molecule has 0 spiro atoms. The predicted molar refractivity (Wildman–Crippen MR) is 79.9 cm³/mol. The number of aromatic nitrogens is 2. The summed E-state index contributed by atoms with van der Waals surface area (Å²) in [6, 6.07) is 9.18. The summed E-state index contributed by atoms with van der Waals surface area (Å²) in [5.74, 6) is 0.326. The van der Waals surface area contributed by atoms with Gasteiger partial charge in [0, 0.05) is 18.3 Å². The maximum Gasteiger partial charge on any atom is 0.274 e. The van der Waals surface area contributed by atoms with Gasteiger partial charge in [-0.3, -0.25) is 4.79 Å². The van der Waals surface area contributed by atoms with Gasteiger partial charge in [0.05, 0.1) is 0 Å². The van der Waals surface area contributed by atoms with E-state index in [0.29, 0.717) is 18.1 Å². The standard InChI is InChI=1S/C15H16N4O/c1-3-8-16-14-9-13(17-10-18-14)15(20)19-12-6-4-11(2)5-7-12/h3-7,9-10H,1,8H2,2H3,(H,19,20)(H,16,17,18). The van der Waals surface area contributed by atoms with Crippen molar-refractivity contribution in [2.45, 2.75) is 6.92 Å². The summed E-state index contributed by atoms with van der Waals surface area (Å²) in [6.45, 7) is 6.18. The first-order chi connectivity index (χ1) is 9.69. The second-order valence-corrected chi connectivity index (χ2v) is 4.28. The average Bonchev–Trinajstić information content (AvgIpc) is 2.48. The molecule has 2 aromatic rings. The van der Waals surface area contributed by atoms with Crippen LogP contribution in [-0.2, 0) is 0 Å². The molecule has 0 aliphatic carbocycles. The van der Waals surface area contributed by atoms with E-state index >= 15 is 0 Å². The minimum Gasteiger partial charge on any atom is -0.366 e. The molecule has 102 valence electrons. The molecule has 0 aliphatic rings. The first-order valence-electron chi connectivity index (χ1n) is 6.24. The molecule has 0 atom stereocenters. The number of hydrogen-bond acceptors (Lipinski definition) is 4. The van der Waals surface area contributed by atoms with E-state index in [1.165, 1.54) is 6.33 Å². The van der Waals surface area contributed by atoms with Gasteiger partial charge in [0.1, 0.15) is 17.8 Å². The lowest BCUT2D eigenvalue weighted by Crippen LogP contribution is -2.14. The van der Waals surface area contributed by atoms with Crippen LogP contribution >= 0.6 is 0 Å². The Kier molecular flexibility index (Phi) is 4.44. The number of rotatable bonds is 5. The van der Waals surface area contributed by atoms with Crippen molar-refractivity contribution in [3.63, 3.8) is 0 Å². The Morgan fingerprint density at radius 1 is 1.30 bits per heavy atom. The van der Waals surface area contributed by atoms with Crippen molar-refractivity contribution in [2.75, 3.05) is 17.2 Å². The highest BCUT2D eigenvalue weighted by atomic mass is 16.1. The monoisotopic (exact) mass is 268 g/mol. The van der Waals surface area contributed by atoms with Crippen LogP contribution in [0.2, 0.25) is 0 Å². The van der Waals surface area contributed by atoms with Crippen LogP contribution in [0, 0.1) is 6.92 Å². The Morgan fingerprint density at radius 2 is 2.05 bits per heavy atom. The molecule has 0 fully saturated rings. The zero-order valence-electron chi connectivity index (χ0n) is 11.3. The van der Waals surface area contributed by atoms with Gasteiger partial charge >= 0.3 is 0 Å². The van der Waals surface area contributed by atoms with Gasteiger partial charge in [-0.2, -0.15) is 0 Å². The molecular formula is C15H16N4O. The molecule has 5 nitrogen and oxygen atoms in total. The van der Waals surface area contributed by atoms with E-state index < -0.39 is 0 Å². The van der Waals surface area contributed by atoms with Gasteiger partial charge in [-0.15, -0.1) is 6.58 Å². The summed E-state index contributed by atoms with van der Waals surface area (Å²) in [5, 5.41) is 5.80. The molecule has 0 bridgehead atoms. The predicted octanol–water partition coefficient (Wildman–Crippen LogP) is 2.64. The minimum absolute atomic E-state index is 0.266. The lowest BCUT2D eigenvalue weighted by atomic mass is 10.2. The summed E-state index contributed by atoms with van der Waals surface area (Å²) >= 11 is 0. The van der Waals surface area contributed by atoms with Gasteiger partial charge < -0.3 is 10.6 Å². The molecule has 2 rings (SSSR count). The highest BCUT2D eigenvalue weighted by Crippen LogP contribution is 2.11. The van der Waals surface area contributed by atoms with E-state index in [0.717, 1.165) is 11.3 Å². The van der Waals surface area contributed by atoms with Crippen LogP contribution in [0.15, 0.2) is 49.3 Å². The van der Waals surface area contributed by atoms with Crippen molar-refractivity contribution < 1.29 is 4.79 Å². The van der Waals surface area contributed by atoms with Gasteiger partial charge in [0.15, 0.2) is 0 Å². The fourth-order valence-corrected chi connectivity index (χ4v) is 1.59. The molecule has 1 heterocycles. The summed E-state index contributed by atoms with van der Waals surface area (Å²) in [4.78, 5) is 20.1. The Bertz CT molecular complexity index is 608. The summed E-state index contributed by atoms with van der Waals surface area (Å²) < 4.78 is 0. The molecule has 2 N–H and O–H groups in total. The highest BCUT2D eigenvalue weighted by molar-refractivity contribution is 6.03. The largest absolute Gasteiger partial charge is 0.366 e. The maximum absolute atomic E-state index is 12.1. The molecule has 0 aliphatic heterocycles. The number of nitrogens with zero attached hydrogens (tertiary/aromatic N) is 2. The van der Waals surface area contributed by atoms with Crippen LogP contribution in [-0.4, -0.2) is 22.4 Å². The molecule has 0 unspecified atom stereocenters. The molecule has 1 amide bonds. The third kappa shape index (κ3) is 3.65. The Morgan fingerprint density at radius 3 is 2.75 bits per heavy atom. The van der Waals surface area contributed by atoms with Crippen molar-refractivity contribution in [2.24, 2.45) is 0 Å². The van der Waals surface area contributed by atoms with Crippen LogP contribution in [0.1, 0.15) is 16.1 Å². The number of hydrogen-bond donors (Lipinski definition) is 2. The van der Waals surface area contributed by atoms with E-state index in [2.05, 4.69) is 27.2 Å². The zero-order chi connectivity index (χ0) is 14.4. The SMILES string of the molecule is C=CCNc1cc(C(=O)Nc2ccc(C)cc2)ncn1. The first kappa shape index (κ1) is 13.7. The summed E-state index contributed by atoms with van der Waals surface area (Å²) in [5.41, 5.74) is 2.19. The third-order valence-electron chi connectivity index (χ3n) is 2.64.